The lowest BCUT2D eigenvalue weighted by Gasteiger charge is -2.41. The van der Waals surface area contributed by atoms with E-state index in [1.165, 1.54) is 10.6 Å². The topological polar surface area (TPSA) is 106 Å². The van der Waals surface area contributed by atoms with Crippen LogP contribution in [-0.2, 0) is 4.74 Å². The van der Waals surface area contributed by atoms with Crippen LogP contribution in [0.4, 0.5) is 15.0 Å². The fraction of sp³-hybridized carbons (Fsp3) is 0.538. The van der Waals surface area contributed by atoms with Gasteiger partial charge in [0, 0.05) is 25.7 Å². The minimum absolute atomic E-state index is 0.0381. The molecule has 3 aromatic heterocycles. The summed E-state index contributed by atoms with van der Waals surface area (Å²) in [6.07, 6.45) is -0.409. The summed E-state index contributed by atoms with van der Waals surface area (Å²) in [6.45, 7) is 15.9. The second-order valence-electron chi connectivity index (χ2n) is 10.9. The van der Waals surface area contributed by atoms with Gasteiger partial charge < -0.3 is 14.5 Å². The molecule has 204 valence electrons. The number of rotatable bonds is 3. The van der Waals surface area contributed by atoms with Crippen LogP contribution >= 0.6 is 11.6 Å². The molecule has 0 radical (unpaired) electrons. The lowest BCUT2D eigenvalue weighted by molar-refractivity contribution is 0.0218. The molecule has 0 aliphatic carbocycles. The summed E-state index contributed by atoms with van der Waals surface area (Å²) in [5.41, 5.74) is 0.606. The molecule has 1 saturated heterocycles. The van der Waals surface area contributed by atoms with Crippen LogP contribution in [-0.4, -0.2) is 66.8 Å². The first-order valence-corrected chi connectivity index (χ1v) is 12.9. The molecular weight excluding hydrogens is 513 g/mol. The Bertz CT molecular complexity index is 1470. The number of hydrogen-bond acceptors (Lipinski definition) is 8. The molecule has 0 aromatic carbocycles. The second kappa shape index (κ2) is 10.1. The zero-order chi connectivity index (χ0) is 28.1. The van der Waals surface area contributed by atoms with E-state index in [4.69, 9.17) is 16.3 Å². The average molecular weight is 546 g/mol. The van der Waals surface area contributed by atoms with E-state index in [9.17, 15) is 14.0 Å². The van der Waals surface area contributed by atoms with Gasteiger partial charge in [0.2, 0.25) is 0 Å². The van der Waals surface area contributed by atoms with Crippen molar-refractivity contribution in [3.63, 3.8) is 0 Å². The molecule has 0 N–H and O–H groups in total. The first kappa shape index (κ1) is 27.7. The summed E-state index contributed by atoms with van der Waals surface area (Å²) >= 11 is 6.12. The van der Waals surface area contributed by atoms with Gasteiger partial charge in [0.05, 0.1) is 22.5 Å². The summed E-state index contributed by atoms with van der Waals surface area (Å²) in [5.74, 6) is 0.0837. The number of fused-ring (bicyclic) bond motifs is 1. The predicted octanol–water partition coefficient (Wildman–Crippen LogP) is 4.55. The Morgan fingerprint density at radius 3 is 2.45 bits per heavy atom. The van der Waals surface area contributed by atoms with E-state index in [-0.39, 0.29) is 28.6 Å². The van der Waals surface area contributed by atoms with E-state index in [2.05, 4.69) is 19.9 Å². The molecule has 0 bridgehead atoms. The number of piperazine rings is 1. The van der Waals surface area contributed by atoms with Crippen LogP contribution in [0.15, 0.2) is 10.9 Å². The van der Waals surface area contributed by atoms with Gasteiger partial charge in [-0.05, 0) is 53.5 Å². The van der Waals surface area contributed by atoms with Crippen molar-refractivity contribution in [1.29, 1.82) is 0 Å². The minimum Gasteiger partial charge on any atom is -0.444 e. The van der Waals surface area contributed by atoms with Crippen LogP contribution in [0.3, 0.4) is 0 Å². The maximum absolute atomic E-state index is 14.8. The fourth-order valence-electron chi connectivity index (χ4n) is 4.68. The number of aromatic nitrogens is 5. The maximum atomic E-state index is 14.8. The number of carbonyl (C=O) groups excluding carboxylic acids is 1. The molecule has 38 heavy (non-hydrogen) atoms. The predicted molar refractivity (Wildman–Crippen MR) is 144 cm³/mol. The van der Waals surface area contributed by atoms with Gasteiger partial charge in [-0.25, -0.2) is 33.5 Å². The Morgan fingerprint density at radius 2 is 1.84 bits per heavy atom. The van der Waals surface area contributed by atoms with Gasteiger partial charge in [-0.2, -0.15) is 4.98 Å². The van der Waals surface area contributed by atoms with Gasteiger partial charge in [0.1, 0.15) is 17.2 Å². The summed E-state index contributed by atoms with van der Waals surface area (Å²) in [5, 5.41) is -0.0406. The van der Waals surface area contributed by atoms with Crippen molar-refractivity contribution in [2.75, 3.05) is 24.5 Å². The quantitative estimate of drug-likeness (QED) is 0.441. The van der Waals surface area contributed by atoms with Gasteiger partial charge in [0.15, 0.2) is 16.6 Å². The molecule has 0 unspecified atom stereocenters. The molecule has 1 atom stereocenters. The monoisotopic (exact) mass is 545 g/mol. The van der Waals surface area contributed by atoms with Gasteiger partial charge in [-0.15, -0.1) is 0 Å². The maximum Gasteiger partial charge on any atom is 0.410 e. The number of halogens is 2. The highest BCUT2D eigenvalue weighted by molar-refractivity contribution is 6.30. The molecule has 0 saturated carbocycles. The van der Waals surface area contributed by atoms with Crippen molar-refractivity contribution in [3.05, 3.63) is 44.7 Å². The SMILES string of the molecule is Cc1nc(C)c(-n2c(=O)nc(N3CCN(C(=O)OC(C)(C)C)C[C@@H]3C)c3cc(F)c(Cl)nc32)c(C(C)C)n1. The van der Waals surface area contributed by atoms with Crippen LogP contribution in [0, 0.1) is 19.7 Å². The highest BCUT2D eigenvalue weighted by Gasteiger charge is 2.33. The highest BCUT2D eigenvalue weighted by atomic mass is 35.5. The number of anilines is 1. The summed E-state index contributed by atoms with van der Waals surface area (Å²) < 4.78 is 21.6. The van der Waals surface area contributed by atoms with Crippen molar-refractivity contribution in [3.8, 4) is 5.69 Å². The number of aryl methyl sites for hydroxylation is 2. The van der Waals surface area contributed by atoms with Crippen LogP contribution < -0.4 is 10.6 Å². The third-order valence-electron chi connectivity index (χ3n) is 6.28. The standard InChI is InChI=1S/C26H33ClFN7O3/c1-13(2)19-20(15(4)29-16(5)30-19)35-23-17(11-18(28)21(27)31-23)22(32-24(35)36)34-10-9-33(12-14(34)3)25(37)38-26(6,7)8/h11,13-14H,9-10,12H2,1-8H3/t14-/m0/s1. The Labute approximate surface area is 225 Å². The van der Waals surface area contributed by atoms with Gasteiger partial charge in [0.25, 0.3) is 0 Å². The number of nitrogens with zero attached hydrogens (tertiary/aromatic N) is 7. The first-order chi connectivity index (χ1) is 17.7. The lowest BCUT2D eigenvalue weighted by atomic mass is 10.1. The van der Waals surface area contributed by atoms with E-state index >= 15 is 0 Å². The fourth-order valence-corrected chi connectivity index (χ4v) is 4.82. The third-order valence-corrected chi connectivity index (χ3v) is 6.54. The lowest BCUT2D eigenvalue weighted by Crippen LogP contribution is -2.55. The second-order valence-corrected chi connectivity index (χ2v) is 11.3. The Morgan fingerprint density at radius 1 is 1.16 bits per heavy atom. The molecule has 1 aliphatic rings. The van der Waals surface area contributed by atoms with Crippen molar-refractivity contribution in [2.45, 2.75) is 73.0 Å². The summed E-state index contributed by atoms with van der Waals surface area (Å²) in [7, 11) is 0. The summed E-state index contributed by atoms with van der Waals surface area (Å²) in [4.78, 5) is 47.5. The van der Waals surface area contributed by atoms with Crippen LogP contribution in [0.2, 0.25) is 5.15 Å². The average Bonchev–Trinajstić information content (AvgIpc) is 2.79. The minimum atomic E-state index is -0.728. The molecule has 4 heterocycles. The largest absolute Gasteiger partial charge is 0.444 e. The van der Waals surface area contributed by atoms with E-state index in [1.807, 2.05) is 46.4 Å². The molecule has 10 nitrogen and oxygen atoms in total. The molecule has 12 heteroatoms. The number of amides is 1. The molecule has 1 amide bonds. The van der Waals surface area contributed by atoms with E-state index in [1.54, 1.807) is 18.7 Å². The third kappa shape index (κ3) is 5.29. The van der Waals surface area contributed by atoms with Gasteiger partial charge >= 0.3 is 11.8 Å². The van der Waals surface area contributed by atoms with E-state index in [0.717, 1.165) is 0 Å². The molecule has 3 aromatic rings. The number of hydrogen-bond donors (Lipinski definition) is 0. The van der Waals surface area contributed by atoms with Gasteiger partial charge in [-0.1, -0.05) is 25.4 Å². The molecule has 1 aliphatic heterocycles. The van der Waals surface area contributed by atoms with E-state index in [0.29, 0.717) is 47.9 Å². The van der Waals surface area contributed by atoms with E-state index < -0.39 is 23.2 Å². The molecular formula is C26H33ClFN7O3. The van der Waals surface area contributed by atoms with Crippen molar-refractivity contribution in [2.24, 2.45) is 0 Å². The number of ether oxygens (including phenoxy) is 1. The first-order valence-electron chi connectivity index (χ1n) is 12.6. The Balaban J connectivity index is 1.86. The zero-order valence-corrected chi connectivity index (χ0v) is 23.7. The smallest absolute Gasteiger partial charge is 0.410 e. The van der Waals surface area contributed by atoms with Crippen LogP contribution in [0.5, 0.6) is 0 Å². The van der Waals surface area contributed by atoms with Gasteiger partial charge in [-0.3, -0.25) is 0 Å². The molecule has 4 rings (SSSR count). The zero-order valence-electron chi connectivity index (χ0n) is 23.0. The summed E-state index contributed by atoms with van der Waals surface area (Å²) in [6, 6.07) is 1.01. The Kier molecular flexibility index (Phi) is 7.35. The van der Waals surface area contributed by atoms with Crippen LogP contribution in [0.25, 0.3) is 16.7 Å². The highest BCUT2D eigenvalue weighted by Crippen LogP contribution is 2.32. The number of pyridine rings is 1. The molecule has 1 fully saturated rings. The van der Waals surface area contributed by atoms with Crippen molar-refractivity contribution >= 4 is 34.5 Å². The molecule has 0 spiro atoms. The normalized spacial score (nSPS) is 16.4. The van der Waals surface area contributed by atoms with Crippen molar-refractivity contribution in [1.82, 2.24) is 29.4 Å². The van der Waals surface area contributed by atoms with Crippen LogP contribution in [0.1, 0.15) is 64.7 Å². The number of carbonyl (C=O) groups is 1. The Hall–Kier alpha value is -3.34. The van der Waals surface area contributed by atoms with Crippen molar-refractivity contribution < 1.29 is 13.9 Å².